The number of fused-ring (bicyclic) bond motifs is 1. The molecule has 0 fully saturated rings. The number of carbonyl (C=O) groups excluding carboxylic acids is 3. The van der Waals surface area contributed by atoms with Crippen molar-refractivity contribution in [1.82, 2.24) is 9.80 Å². The van der Waals surface area contributed by atoms with E-state index in [-0.39, 0.29) is 24.3 Å². The van der Waals surface area contributed by atoms with Crippen LogP contribution in [0.3, 0.4) is 0 Å². The molecule has 34 heavy (non-hydrogen) atoms. The monoisotopic (exact) mass is 490 g/mol. The molecule has 1 aliphatic rings. The number of amides is 2. The van der Waals surface area contributed by atoms with Gasteiger partial charge in [-0.15, -0.1) is 11.3 Å². The van der Waals surface area contributed by atoms with E-state index in [1.165, 1.54) is 28.4 Å². The first-order chi connectivity index (χ1) is 16.0. The molecule has 2 N–H and O–H groups in total. The maximum Gasteiger partial charge on any atom is 0.410 e. The standard InChI is InChI=1S/C24H30N2O7S/c1-24(2,3)33-23(31)26-10-9-19-16(12-26)11-20(34-19)22(30)25(4)13-18(28)15-5-7-17(8-6-15)32-21(29)14-27/h5-8,11,18,27-28H,9-10,12-14H2,1-4H3. The lowest BCUT2D eigenvalue weighted by Crippen LogP contribution is -2.39. The van der Waals surface area contributed by atoms with Gasteiger partial charge in [-0.2, -0.15) is 0 Å². The molecule has 1 unspecified atom stereocenters. The third kappa shape index (κ3) is 6.55. The molecule has 0 bridgehead atoms. The number of hydrogen-bond donors (Lipinski definition) is 2. The number of benzene rings is 1. The van der Waals surface area contributed by atoms with Gasteiger partial charge in [-0.3, -0.25) is 4.79 Å². The Labute approximate surface area is 202 Å². The van der Waals surface area contributed by atoms with Gasteiger partial charge in [0.15, 0.2) is 0 Å². The first-order valence-electron chi connectivity index (χ1n) is 10.9. The molecule has 1 atom stereocenters. The highest BCUT2D eigenvalue weighted by atomic mass is 32.1. The second kappa shape index (κ2) is 10.5. The van der Waals surface area contributed by atoms with Crippen LogP contribution in [-0.2, 0) is 22.5 Å². The van der Waals surface area contributed by atoms with Crippen molar-refractivity contribution in [2.45, 2.75) is 45.4 Å². The Morgan fingerprint density at radius 2 is 1.88 bits per heavy atom. The molecule has 3 rings (SSSR count). The lowest BCUT2D eigenvalue weighted by atomic mass is 10.1. The Balaban J connectivity index is 1.60. The first kappa shape index (κ1) is 25.7. The minimum absolute atomic E-state index is 0.0706. The van der Waals surface area contributed by atoms with Crippen LogP contribution >= 0.6 is 11.3 Å². The van der Waals surface area contributed by atoms with Gasteiger partial charge in [-0.25, -0.2) is 9.59 Å². The summed E-state index contributed by atoms with van der Waals surface area (Å²) >= 11 is 1.41. The Morgan fingerprint density at radius 3 is 2.50 bits per heavy atom. The van der Waals surface area contributed by atoms with E-state index in [1.54, 1.807) is 24.1 Å². The zero-order chi connectivity index (χ0) is 25.0. The van der Waals surface area contributed by atoms with E-state index >= 15 is 0 Å². The van der Waals surface area contributed by atoms with E-state index in [1.807, 2.05) is 26.8 Å². The quantitative estimate of drug-likeness (QED) is 0.472. The number of rotatable bonds is 6. The zero-order valence-electron chi connectivity index (χ0n) is 19.7. The molecule has 0 aliphatic carbocycles. The topological polar surface area (TPSA) is 117 Å². The fraction of sp³-hybridized carbons (Fsp3) is 0.458. The molecule has 0 saturated carbocycles. The molecule has 1 aliphatic heterocycles. The summed E-state index contributed by atoms with van der Waals surface area (Å²) in [5.41, 5.74) is 0.926. The maximum absolute atomic E-state index is 13.0. The minimum Gasteiger partial charge on any atom is -0.444 e. The highest BCUT2D eigenvalue weighted by molar-refractivity contribution is 7.14. The number of aliphatic hydroxyl groups excluding tert-OH is 2. The summed E-state index contributed by atoms with van der Waals surface area (Å²) in [7, 11) is 1.62. The Hall–Kier alpha value is -2.95. The number of esters is 1. The average molecular weight is 491 g/mol. The van der Waals surface area contributed by atoms with Crippen LogP contribution in [0.15, 0.2) is 30.3 Å². The lowest BCUT2D eigenvalue weighted by molar-refractivity contribution is -0.137. The molecule has 2 aromatic rings. The van der Waals surface area contributed by atoms with Gasteiger partial charge >= 0.3 is 12.1 Å². The minimum atomic E-state index is -0.936. The second-order valence-electron chi connectivity index (χ2n) is 9.11. The lowest BCUT2D eigenvalue weighted by Gasteiger charge is -2.29. The zero-order valence-corrected chi connectivity index (χ0v) is 20.6. The number of nitrogens with zero attached hydrogens (tertiary/aromatic N) is 2. The van der Waals surface area contributed by atoms with Crippen molar-refractivity contribution in [3.8, 4) is 5.75 Å². The van der Waals surface area contributed by atoms with Gasteiger partial charge in [0, 0.05) is 18.5 Å². The summed E-state index contributed by atoms with van der Waals surface area (Å²) in [4.78, 5) is 41.2. The Kier molecular flexibility index (Phi) is 7.96. The molecule has 1 aromatic carbocycles. The summed E-state index contributed by atoms with van der Waals surface area (Å²) in [6.45, 7) is 5.76. The molecule has 2 amide bonds. The summed E-state index contributed by atoms with van der Waals surface area (Å²) < 4.78 is 10.3. The van der Waals surface area contributed by atoms with E-state index < -0.39 is 24.3 Å². The maximum atomic E-state index is 13.0. The predicted octanol–water partition coefficient (Wildman–Crippen LogP) is 2.74. The molecule has 0 saturated heterocycles. The normalized spacial score (nSPS) is 14.2. The fourth-order valence-corrected chi connectivity index (χ4v) is 4.64. The molecule has 10 heteroatoms. The van der Waals surface area contributed by atoms with E-state index in [0.29, 0.717) is 30.0 Å². The van der Waals surface area contributed by atoms with Crippen LogP contribution < -0.4 is 4.74 Å². The van der Waals surface area contributed by atoms with Crippen molar-refractivity contribution in [3.05, 3.63) is 51.2 Å². The number of likely N-dealkylation sites (N-methyl/N-ethyl adjacent to an activating group) is 1. The first-order valence-corrected chi connectivity index (χ1v) is 11.7. The van der Waals surface area contributed by atoms with Gasteiger partial charge in [0.2, 0.25) is 0 Å². The van der Waals surface area contributed by atoms with E-state index in [9.17, 15) is 19.5 Å². The molecular formula is C24H30N2O7S. The smallest absolute Gasteiger partial charge is 0.410 e. The molecule has 0 radical (unpaired) electrons. The predicted molar refractivity (Wildman–Crippen MR) is 126 cm³/mol. The van der Waals surface area contributed by atoms with Crippen LogP contribution in [0.4, 0.5) is 4.79 Å². The van der Waals surface area contributed by atoms with Crippen LogP contribution in [0.1, 0.15) is 52.6 Å². The van der Waals surface area contributed by atoms with Crippen molar-refractivity contribution >= 4 is 29.3 Å². The van der Waals surface area contributed by atoms with Crippen LogP contribution in [0.5, 0.6) is 5.75 Å². The number of aliphatic hydroxyl groups is 2. The van der Waals surface area contributed by atoms with Gasteiger partial charge in [0.25, 0.3) is 5.91 Å². The van der Waals surface area contributed by atoms with Crippen molar-refractivity contribution in [1.29, 1.82) is 0 Å². The van der Waals surface area contributed by atoms with Gasteiger partial charge in [0.05, 0.1) is 24.1 Å². The molecule has 2 heterocycles. The Bertz CT molecular complexity index is 1040. The number of carbonyl (C=O) groups is 3. The summed E-state index contributed by atoms with van der Waals surface area (Å²) in [5.74, 6) is -0.730. The molecule has 1 aromatic heterocycles. The van der Waals surface area contributed by atoms with Crippen LogP contribution in [-0.4, -0.2) is 70.3 Å². The Morgan fingerprint density at radius 1 is 1.21 bits per heavy atom. The van der Waals surface area contributed by atoms with Gasteiger partial charge in [-0.05, 0) is 56.5 Å². The molecular weight excluding hydrogens is 460 g/mol. The van der Waals surface area contributed by atoms with Gasteiger partial charge in [-0.1, -0.05) is 12.1 Å². The van der Waals surface area contributed by atoms with E-state index in [4.69, 9.17) is 14.6 Å². The molecule has 0 spiro atoms. The third-order valence-electron chi connectivity index (χ3n) is 5.15. The van der Waals surface area contributed by atoms with Crippen molar-refractivity contribution in [2.24, 2.45) is 0 Å². The summed E-state index contributed by atoms with van der Waals surface area (Å²) in [6.07, 6.45) is -0.644. The number of hydrogen-bond acceptors (Lipinski definition) is 8. The largest absolute Gasteiger partial charge is 0.444 e. The van der Waals surface area contributed by atoms with Crippen LogP contribution in [0, 0.1) is 0 Å². The second-order valence-corrected chi connectivity index (χ2v) is 10.3. The third-order valence-corrected chi connectivity index (χ3v) is 6.37. The van der Waals surface area contributed by atoms with Gasteiger partial charge in [0.1, 0.15) is 18.0 Å². The molecule has 9 nitrogen and oxygen atoms in total. The number of ether oxygens (including phenoxy) is 2. The fourth-order valence-electron chi connectivity index (χ4n) is 3.48. The number of thiophene rings is 1. The van der Waals surface area contributed by atoms with Crippen LogP contribution in [0.2, 0.25) is 0 Å². The van der Waals surface area contributed by atoms with E-state index in [2.05, 4.69) is 0 Å². The van der Waals surface area contributed by atoms with Crippen LogP contribution in [0.25, 0.3) is 0 Å². The van der Waals surface area contributed by atoms with Crippen molar-refractivity contribution in [3.63, 3.8) is 0 Å². The summed E-state index contributed by atoms with van der Waals surface area (Å²) in [6, 6.07) is 8.03. The highest BCUT2D eigenvalue weighted by Gasteiger charge is 2.28. The summed E-state index contributed by atoms with van der Waals surface area (Å²) in [5, 5.41) is 19.3. The van der Waals surface area contributed by atoms with E-state index in [0.717, 1.165) is 10.4 Å². The van der Waals surface area contributed by atoms with Gasteiger partial charge < -0.3 is 29.5 Å². The van der Waals surface area contributed by atoms with Crippen molar-refractivity contribution in [2.75, 3.05) is 26.7 Å². The highest BCUT2D eigenvalue weighted by Crippen LogP contribution is 2.30. The average Bonchev–Trinajstić information content (AvgIpc) is 3.21. The van der Waals surface area contributed by atoms with Crippen molar-refractivity contribution < 1.29 is 34.1 Å². The molecule has 184 valence electrons. The SMILES string of the molecule is CN(CC(O)c1ccc(OC(=O)CO)cc1)C(=O)c1cc2c(s1)CCN(C(=O)OC(C)(C)C)C2.